The number of rotatable bonds is 4. The average Bonchev–Trinajstić information content (AvgIpc) is 2.13. The van der Waals surface area contributed by atoms with Crippen LogP contribution in [0.1, 0.15) is 47.5 Å². The van der Waals surface area contributed by atoms with Gasteiger partial charge in [-0.15, -0.1) is 0 Å². The summed E-state index contributed by atoms with van der Waals surface area (Å²) >= 11 is 0. The summed E-state index contributed by atoms with van der Waals surface area (Å²) < 4.78 is 4.90. The standard InChI is InChI=1S/C12H21NO2/c1-6-15-10(14)12(5,9-13)8-7-11(2,3)4/h6-8H2,1-5H3. The molecular formula is C12H21NO2. The number of hydrogen-bond acceptors (Lipinski definition) is 3. The monoisotopic (exact) mass is 211 g/mol. The van der Waals surface area contributed by atoms with Gasteiger partial charge in [-0.1, -0.05) is 20.8 Å². The van der Waals surface area contributed by atoms with Gasteiger partial charge < -0.3 is 4.74 Å². The lowest BCUT2D eigenvalue weighted by molar-refractivity contribution is -0.151. The Balaban J connectivity index is 4.46. The molecule has 0 rings (SSSR count). The topological polar surface area (TPSA) is 50.1 Å². The first-order valence-electron chi connectivity index (χ1n) is 5.33. The minimum atomic E-state index is -0.997. The molecule has 0 radical (unpaired) electrons. The zero-order valence-electron chi connectivity index (χ0n) is 10.4. The highest BCUT2D eigenvalue weighted by atomic mass is 16.5. The number of ether oxygens (including phenoxy) is 1. The van der Waals surface area contributed by atoms with Gasteiger partial charge in [-0.3, -0.25) is 4.79 Å². The molecule has 0 aliphatic heterocycles. The van der Waals surface area contributed by atoms with Crippen LogP contribution in [0.2, 0.25) is 0 Å². The predicted molar refractivity (Wildman–Crippen MR) is 59.0 cm³/mol. The van der Waals surface area contributed by atoms with Gasteiger partial charge >= 0.3 is 5.97 Å². The van der Waals surface area contributed by atoms with E-state index in [9.17, 15) is 4.79 Å². The third kappa shape index (κ3) is 4.83. The number of nitriles is 1. The quantitative estimate of drug-likeness (QED) is 0.672. The molecule has 3 heteroatoms. The molecule has 0 aromatic heterocycles. The van der Waals surface area contributed by atoms with E-state index in [0.29, 0.717) is 13.0 Å². The van der Waals surface area contributed by atoms with Gasteiger partial charge in [0.25, 0.3) is 0 Å². The Morgan fingerprint density at radius 2 is 1.80 bits per heavy atom. The Morgan fingerprint density at radius 3 is 2.13 bits per heavy atom. The van der Waals surface area contributed by atoms with Crippen LogP contribution in [-0.2, 0) is 9.53 Å². The maximum atomic E-state index is 11.6. The summed E-state index contributed by atoms with van der Waals surface area (Å²) in [4.78, 5) is 11.6. The summed E-state index contributed by atoms with van der Waals surface area (Å²) in [5.41, 5.74) is -0.867. The van der Waals surface area contributed by atoms with E-state index < -0.39 is 11.4 Å². The summed E-state index contributed by atoms with van der Waals surface area (Å²) in [5, 5.41) is 9.03. The average molecular weight is 211 g/mol. The number of hydrogen-bond donors (Lipinski definition) is 0. The zero-order chi connectivity index (χ0) is 12.1. The number of carbonyl (C=O) groups excluding carboxylic acids is 1. The summed E-state index contributed by atoms with van der Waals surface area (Å²) in [5.74, 6) is -0.406. The first kappa shape index (κ1) is 14.0. The predicted octanol–water partition coefficient (Wildman–Crippen LogP) is 2.91. The second-order valence-electron chi connectivity index (χ2n) is 5.23. The largest absolute Gasteiger partial charge is 0.465 e. The van der Waals surface area contributed by atoms with E-state index in [1.807, 2.05) is 0 Å². The third-order valence-corrected chi connectivity index (χ3v) is 2.35. The molecule has 0 spiro atoms. The summed E-state index contributed by atoms with van der Waals surface area (Å²) in [6.45, 7) is 10.0. The van der Waals surface area contributed by atoms with Crippen LogP contribution >= 0.6 is 0 Å². The Bertz CT molecular complexity index is 260. The van der Waals surface area contributed by atoms with Crippen LogP contribution in [0.5, 0.6) is 0 Å². The maximum absolute atomic E-state index is 11.6. The molecule has 0 aromatic carbocycles. The fourth-order valence-electron chi connectivity index (χ4n) is 1.12. The van der Waals surface area contributed by atoms with Crippen LogP contribution in [0, 0.1) is 22.2 Å². The molecule has 15 heavy (non-hydrogen) atoms. The van der Waals surface area contributed by atoms with Crippen LogP contribution < -0.4 is 0 Å². The van der Waals surface area contributed by atoms with Gasteiger partial charge in [0.15, 0.2) is 5.41 Å². The first-order valence-corrected chi connectivity index (χ1v) is 5.33. The molecule has 1 atom stereocenters. The second-order valence-corrected chi connectivity index (χ2v) is 5.23. The first-order chi connectivity index (χ1) is 6.75. The van der Waals surface area contributed by atoms with Gasteiger partial charge in [-0.05, 0) is 32.1 Å². The Labute approximate surface area is 92.4 Å². The minimum Gasteiger partial charge on any atom is -0.465 e. The third-order valence-electron chi connectivity index (χ3n) is 2.35. The molecule has 0 bridgehead atoms. The molecule has 0 amide bonds. The van der Waals surface area contributed by atoms with Crippen LogP contribution in [0.25, 0.3) is 0 Å². The molecule has 86 valence electrons. The van der Waals surface area contributed by atoms with Crippen molar-refractivity contribution < 1.29 is 9.53 Å². The summed E-state index contributed by atoms with van der Waals surface area (Å²) in [7, 11) is 0. The van der Waals surface area contributed by atoms with E-state index in [-0.39, 0.29) is 5.41 Å². The Hall–Kier alpha value is -1.04. The lowest BCUT2D eigenvalue weighted by atomic mass is 9.80. The van der Waals surface area contributed by atoms with Gasteiger partial charge in [-0.25, -0.2) is 0 Å². The molecule has 0 saturated heterocycles. The van der Waals surface area contributed by atoms with Crippen molar-refractivity contribution in [1.82, 2.24) is 0 Å². The summed E-state index contributed by atoms with van der Waals surface area (Å²) in [6.07, 6.45) is 1.38. The molecular weight excluding hydrogens is 190 g/mol. The second kappa shape index (κ2) is 5.16. The molecule has 0 N–H and O–H groups in total. The van der Waals surface area contributed by atoms with E-state index in [2.05, 4.69) is 26.8 Å². The van der Waals surface area contributed by atoms with E-state index >= 15 is 0 Å². The van der Waals surface area contributed by atoms with Crippen molar-refractivity contribution in [3.8, 4) is 6.07 Å². The highest BCUT2D eigenvalue weighted by Gasteiger charge is 2.35. The molecule has 0 aliphatic rings. The SMILES string of the molecule is CCOC(=O)C(C)(C#N)CCC(C)(C)C. The fourth-order valence-corrected chi connectivity index (χ4v) is 1.12. The van der Waals surface area contributed by atoms with Gasteiger partial charge in [0.1, 0.15) is 0 Å². The number of esters is 1. The molecule has 0 aliphatic carbocycles. The number of nitrogens with zero attached hydrogens (tertiary/aromatic N) is 1. The van der Waals surface area contributed by atoms with E-state index in [4.69, 9.17) is 10.00 Å². The van der Waals surface area contributed by atoms with E-state index in [0.717, 1.165) is 6.42 Å². The number of carbonyl (C=O) groups is 1. The Morgan fingerprint density at radius 1 is 1.27 bits per heavy atom. The maximum Gasteiger partial charge on any atom is 0.326 e. The van der Waals surface area contributed by atoms with Crippen LogP contribution in [0.3, 0.4) is 0 Å². The van der Waals surface area contributed by atoms with Crippen LogP contribution in [-0.4, -0.2) is 12.6 Å². The molecule has 0 saturated carbocycles. The van der Waals surface area contributed by atoms with Crippen LogP contribution in [0.15, 0.2) is 0 Å². The van der Waals surface area contributed by atoms with Gasteiger partial charge in [0.05, 0.1) is 12.7 Å². The van der Waals surface area contributed by atoms with Crippen molar-refractivity contribution in [3.05, 3.63) is 0 Å². The van der Waals surface area contributed by atoms with Crippen LogP contribution in [0.4, 0.5) is 0 Å². The highest BCUT2D eigenvalue weighted by molar-refractivity contribution is 5.79. The normalized spacial score (nSPS) is 15.2. The van der Waals surface area contributed by atoms with Crippen molar-refractivity contribution in [2.45, 2.75) is 47.5 Å². The van der Waals surface area contributed by atoms with E-state index in [1.165, 1.54) is 0 Å². The smallest absolute Gasteiger partial charge is 0.326 e. The van der Waals surface area contributed by atoms with Crippen molar-refractivity contribution >= 4 is 5.97 Å². The molecule has 0 heterocycles. The lowest BCUT2D eigenvalue weighted by Gasteiger charge is -2.24. The van der Waals surface area contributed by atoms with Crippen molar-refractivity contribution in [3.63, 3.8) is 0 Å². The van der Waals surface area contributed by atoms with Crippen molar-refractivity contribution in [1.29, 1.82) is 5.26 Å². The van der Waals surface area contributed by atoms with Gasteiger partial charge in [0, 0.05) is 0 Å². The highest BCUT2D eigenvalue weighted by Crippen LogP contribution is 2.31. The lowest BCUT2D eigenvalue weighted by Crippen LogP contribution is -2.29. The molecule has 0 fully saturated rings. The van der Waals surface area contributed by atoms with Crippen molar-refractivity contribution in [2.75, 3.05) is 6.61 Å². The van der Waals surface area contributed by atoms with Crippen molar-refractivity contribution in [2.24, 2.45) is 10.8 Å². The van der Waals surface area contributed by atoms with E-state index in [1.54, 1.807) is 13.8 Å². The zero-order valence-corrected chi connectivity index (χ0v) is 10.4. The van der Waals surface area contributed by atoms with Gasteiger partial charge in [0.2, 0.25) is 0 Å². The Kier molecular flexibility index (Phi) is 4.80. The molecule has 0 aromatic rings. The molecule has 1 unspecified atom stereocenters. The van der Waals surface area contributed by atoms with Gasteiger partial charge in [-0.2, -0.15) is 5.26 Å². The molecule has 3 nitrogen and oxygen atoms in total. The summed E-state index contributed by atoms with van der Waals surface area (Å²) in [6, 6.07) is 2.06. The minimum absolute atomic E-state index is 0.130. The fraction of sp³-hybridized carbons (Fsp3) is 0.833.